The molecule has 4 rings (SSSR count). The van der Waals surface area contributed by atoms with Crippen molar-refractivity contribution in [2.24, 2.45) is 0 Å². The van der Waals surface area contributed by atoms with E-state index in [1.807, 2.05) is 49.1 Å². The minimum Gasteiger partial charge on any atom is -0.346 e. The number of nitrogens with one attached hydrogen (secondary N) is 1. The van der Waals surface area contributed by atoms with Crippen LogP contribution in [0.25, 0.3) is 11.4 Å². The van der Waals surface area contributed by atoms with E-state index in [1.165, 1.54) is 0 Å². The van der Waals surface area contributed by atoms with Gasteiger partial charge in [-0.15, -0.1) is 11.3 Å². The van der Waals surface area contributed by atoms with E-state index in [4.69, 9.17) is 0 Å². The third-order valence-corrected chi connectivity index (χ3v) is 5.87. The molecule has 2 amide bonds. The van der Waals surface area contributed by atoms with Gasteiger partial charge in [-0.2, -0.15) is 0 Å². The largest absolute Gasteiger partial charge is 0.346 e. The number of thiazole rings is 1. The van der Waals surface area contributed by atoms with Gasteiger partial charge in [-0.25, -0.2) is 19.7 Å². The minimum absolute atomic E-state index is 0.0678. The van der Waals surface area contributed by atoms with Crippen LogP contribution in [0.5, 0.6) is 0 Å². The Bertz CT molecular complexity index is 987. The van der Waals surface area contributed by atoms with Crippen molar-refractivity contribution in [3.8, 4) is 11.4 Å². The smallest absolute Gasteiger partial charge is 0.321 e. The summed E-state index contributed by atoms with van der Waals surface area (Å²) in [6, 6.07) is 9.44. The van der Waals surface area contributed by atoms with Crippen molar-refractivity contribution in [1.29, 1.82) is 0 Å². The predicted molar refractivity (Wildman–Crippen MR) is 116 cm³/mol. The zero-order valence-corrected chi connectivity index (χ0v) is 17.4. The SMILES string of the molecule is Cc1ccnc(-c2ccc(NC(=O)N3CCCN(c4nc(C)cs4)CC3)cc2)n1. The van der Waals surface area contributed by atoms with Gasteiger partial charge in [0.1, 0.15) is 0 Å². The molecule has 1 aliphatic heterocycles. The van der Waals surface area contributed by atoms with Gasteiger partial charge in [0.15, 0.2) is 11.0 Å². The molecule has 150 valence electrons. The van der Waals surface area contributed by atoms with Crippen LogP contribution in [0.4, 0.5) is 15.6 Å². The number of carbonyl (C=O) groups is 1. The maximum atomic E-state index is 12.7. The van der Waals surface area contributed by atoms with Crippen molar-refractivity contribution in [3.63, 3.8) is 0 Å². The molecular formula is C21H24N6OS. The summed E-state index contributed by atoms with van der Waals surface area (Å²) >= 11 is 1.66. The van der Waals surface area contributed by atoms with Crippen molar-refractivity contribution in [3.05, 3.63) is 53.3 Å². The number of urea groups is 1. The van der Waals surface area contributed by atoms with Gasteiger partial charge in [-0.05, 0) is 50.6 Å². The first-order valence-electron chi connectivity index (χ1n) is 9.71. The first kappa shape index (κ1) is 19.3. The van der Waals surface area contributed by atoms with Gasteiger partial charge < -0.3 is 15.1 Å². The van der Waals surface area contributed by atoms with Crippen LogP contribution >= 0.6 is 11.3 Å². The minimum atomic E-state index is -0.0678. The van der Waals surface area contributed by atoms with E-state index in [0.717, 1.165) is 53.8 Å². The fourth-order valence-corrected chi connectivity index (χ4v) is 4.15. The van der Waals surface area contributed by atoms with Crippen molar-refractivity contribution >= 4 is 28.2 Å². The normalized spacial score (nSPS) is 14.6. The predicted octanol–water partition coefficient (Wildman–Crippen LogP) is 3.96. The molecule has 0 atom stereocenters. The van der Waals surface area contributed by atoms with Crippen molar-refractivity contribution in [2.45, 2.75) is 20.3 Å². The first-order valence-corrected chi connectivity index (χ1v) is 10.6. The molecule has 0 spiro atoms. The number of hydrogen-bond acceptors (Lipinski definition) is 6. The van der Waals surface area contributed by atoms with Gasteiger partial charge in [-0.3, -0.25) is 0 Å². The van der Waals surface area contributed by atoms with E-state index in [1.54, 1.807) is 17.5 Å². The van der Waals surface area contributed by atoms with Crippen molar-refractivity contribution in [2.75, 3.05) is 36.4 Å². The number of carbonyl (C=O) groups excluding carboxylic acids is 1. The highest BCUT2D eigenvalue weighted by molar-refractivity contribution is 7.13. The summed E-state index contributed by atoms with van der Waals surface area (Å²) in [5.74, 6) is 0.688. The molecule has 8 heteroatoms. The Morgan fingerprint density at radius 2 is 1.83 bits per heavy atom. The van der Waals surface area contributed by atoms with E-state index in [-0.39, 0.29) is 6.03 Å². The summed E-state index contributed by atoms with van der Waals surface area (Å²) in [4.78, 5) is 30.2. The maximum absolute atomic E-state index is 12.7. The molecule has 0 bridgehead atoms. The molecule has 29 heavy (non-hydrogen) atoms. The van der Waals surface area contributed by atoms with E-state index >= 15 is 0 Å². The highest BCUT2D eigenvalue weighted by Gasteiger charge is 2.20. The number of anilines is 2. The summed E-state index contributed by atoms with van der Waals surface area (Å²) in [7, 11) is 0. The van der Waals surface area contributed by atoms with Gasteiger partial charge in [-0.1, -0.05) is 0 Å². The molecule has 0 unspecified atom stereocenters. The summed E-state index contributed by atoms with van der Waals surface area (Å²) in [5, 5.41) is 6.11. The molecular weight excluding hydrogens is 384 g/mol. The van der Waals surface area contributed by atoms with Crippen LogP contribution in [-0.2, 0) is 0 Å². The Morgan fingerprint density at radius 1 is 1.00 bits per heavy atom. The Labute approximate surface area is 174 Å². The lowest BCUT2D eigenvalue weighted by Crippen LogP contribution is -2.38. The number of amides is 2. The van der Waals surface area contributed by atoms with Gasteiger partial charge in [0.25, 0.3) is 0 Å². The molecule has 1 aliphatic rings. The molecule has 2 aromatic heterocycles. The number of rotatable bonds is 3. The molecule has 1 fully saturated rings. The second kappa shape index (κ2) is 8.57. The third kappa shape index (κ3) is 4.71. The summed E-state index contributed by atoms with van der Waals surface area (Å²) in [6.45, 7) is 7.08. The molecule has 3 aromatic rings. The molecule has 7 nitrogen and oxygen atoms in total. The Morgan fingerprint density at radius 3 is 2.55 bits per heavy atom. The topological polar surface area (TPSA) is 74.2 Å². The zero-order valence-electron chi connectivity index (χ0n) is 16.6. The zero-order chi connectivity index (χ0) is 20.2. The highest BCUT2D eigenvalue weighted by atomic mass is 32.1. The van der Waals surface area contributed by atoms with Gasteiger partial charge >= 0.3 is 6.03 Å². The van der Waals surface area contributed by atoms with Crippen LogP contribution in [-0.4, -0.2) is 52.1 Å². The standard InChI is InChI=1S/C21H24N6OS/c1-15-8-9-22-19(23-15)17-4-6-18(7-5-17)25-20(28)26-10-3-11-27(13-12-26)21-24-16(2)14-29-21/h4-9,14H,3,10-13H2,1-2H3,(H,25,28). The molecule has 1 saturated heterocycles. The van der Waals surface area contributed by atoms with Crippen LogP contribution in [0.2, 0.25) is 0 Å². The van der Waals surface area contributed by atoms with Crippen LogP contribution in [0.3, 0.4) is 0 Å². The Balaban J connectivity index is 1.36. The molecule has 0 saturated carbocycles. The Kier molecular flexibility index (Phi) is 5.71. The fraction of sp³-hybridized carbons (Fsp3) is 0.333. The van der Waals surface area contributed by atoms with Crippen LogP contribution in [0, 0.1) is 13.8 Å². The van der Waals surface area contributed by atoms with Crippen LogP contribution in [0.1, 0.15) is 17.8 Å². The average molecular weight is 409 g/mol. The van der Waals surface area contributed by atoms with E-state index in [9.17, 15) is 4.79 Å². The number of nitrogens with zero attached hydrogens (tertiary/aromatic N) is 5. The lowest BCUT2D eigenvalue weighted by atomic mass is 10.2. The lowest BCUT2D eigenvalue weighted by molar-refractivity contribution is 0.215. The van der Waals surface area contributed by atoms with Gasteiger partial charge in [0.2, 0.25) is 0 Å². The molecule has 3 heterocycles. The lowest BCUT2D eigenvalue weighted by Gasteiger charge is -2.22. The second-order valence-electron chi connectivity index (χ2n) is 7.13. The number of hydrogen-bond donors (Lipinski definition) is 1. The number of aryl methyl sites for hydroxylation is 2. The summed E-state index contributed by atoms with van der Waals surface area (Å²) < 4.78 is 0. The number of benzene rings is 1. The fourth-order valence-electron chi connectivity index (χ4n) is 3.29. The van der Waals surface area contributed by atoms with Gasteiger partial charge in [0, 0.05) is 54.7 Å². The highest BCUT2D eigenvalue weighted by Crippen LogP contribution is 2.22. The first-order chi connectivity index (χ1) is 14.1. The average Bonchev–Trinajstić information content (AvgIpc) is 3.00. The van der Waals surface area contributed by atoms with E-state index in [0.29, 0.717) is 12.4 Å². The van der Waals surface area contributed by atoms with Crippen molar-refractivity contribution < 1.29 is 4.79 Å². The monoisotopic (exact) mass is 408 g/mol. The molecule has 1 aromatic carbocycles. The second-order valence-corrected chi connectivity index (χ2v) is 7.96. The molecule has 0 aliphatic carbocycles. The quantitative estimate of drug-likeness (QED) is 0.710. The summed E-state index contributed by atoms with van der Waals surface area (Å²) in [6.07, 6.45) is 2.68. The number of aromatic nitrogens is 3. The van der Waals surface area contributed by atoms with E-state index in [2.05, 4.69) is 30.5 Å². The molecule has 0 radical (unpaired) electrons. The van der Waals surface area contributed by atoms with Gasteiger partial charge in [0.05, 0.1) is 5.69 Å². The maximum Gasteiger partial charge on any atom is 0.321 e. The van der Waals surface area contributed by atoms with E-state index < -0.39 is 0 Å². The summed E-state index contributed by atoms with van der Waals surface area (Å²) in [5.41, 5.74) is 3.66. The Hall–Kier alpha value is -3.00. The van der Waals surface area contributed by atoms with Crippen LogP contribution in [0.15, 0.2) is 41.9 Å². The van der Waals surface area contributed by atoms with Crippen molar-refractivity contribution in [1.82, 2.24) is 19.9 Å². The molecule has 1 N–H and O–H groups in total. The van der Waals surface area contributed by atoms with Crippen LogP contribution < -0.4 is 10.2 Å². The third-order valence-electron chi connectivity index (χ3n) is 4.85.